The van der Waals surface area contributed by atoms with Crippen molar-refractivity contribution in [3.05, 3.63) is 70.0 Å². The first-order valence-corrected chi connectivity index (χ1v) is 13.1. The predicted molar refractivity (Wildman–Crippen MR) is 147 cm³/mol. The number of carbonyl (C=O) groups is 1. The first kappa shape index (κ1) is 27.1. The van der Waals surface area contributed by atoms with Crippen LogP contribution >= 0.6 is 11.6 Å². The number of nitrogens with zero attached hydrogens (tertiary/aromatic N) is 7. The van der Waals surface area contributed by atoms with Crippen LogP contribution in [0.15, 0.2) is 52.2 Å². The minimum Gasteiger partial charge on any atom is -0.490 e. The van der Waals surface area contributed by atoms with Gasteiger partial charge < -0.3 is 15.2 Å². The van der Waals surface area contributed by atoms with E-state index in [1.165, 1.54) is 10.9 Å². The summed E-state index contributed by atoms with van der Waals surface area (Å²) in [4.78, 5) is 15.5. The zero-order valence-electron chi connectivity index (χ0n) is 21.8. The lowest BCUT2D eigenvalue weighted by molar-refractivity contribution is 0.0945. The number of ether oxygens (including phenoxy) is 2. The van der Waals surface area contributed by atoms with Crippen molar-refractivity contribution < 1.29 is 18.9 Å². The molecular weight excluding hydrogens is 538 g/mol. The second-order valence-electron chi connectivity index (χ2n) is 8.97. The average Bonchev–Trinajstić information content (AvgIpc) is 3.71. The van der Waals surface area contributed by atoms with E-state index < -0.39 is 5.91 Å². The Bertz CT molecular complexity index is 1500. The van der Waals surface area contributed by atoms with Crippen molar-refractivity contribution in [3.8, 4) is 17.3 Å². The summed E-state index contributed by atoms with van der Waals surface area (Å²) in [7, 11) is 0. The van der Waals surface area contributed by atoms with E-state index in [-0.39, 0.29) is 23.9 Å². The second-order valence-corrected chi connectivity index (χ2v) is 9.38. The Hall–Kier alpha value is -4.49. The highest BCUT2D eigenvalue weighted by Gasteiger charge is 2.27. The van der Waals surface area contributed by atoms with Crippen molar-refractivity contribution in [2.75, 3.05) is 25.4 Å². The molecule has 4 aromatic rings. The lowest BCUT2D eigenvalue weighted by Gasteiger charge is -2.13. The van der Waals surface area contributed by atoms with E-state index in [0.29, 0.717) is 40.9 Å². The summed E-state index contributed by atoms with van der Waals surface area (Å²) in [5, 5.41) is 20.4. The fraction of sp³-hybridized carbons (Fsp3) is 0.308. The number of nitrogens with two attached hydrogens (primary N) is 1. The van der Waals surface area contributed by atoms with Crippen molar-refractivity contribution in [1.29, 1.82) is 0 Å². The number of nitrogens with one attached hydrogen (secondary N) is 1. The van der Waals surface area contributed by atoms with Gasteiger partial charge in [0.1, 0.15) is 12.3 Å². The minimum atomic E-state index is -0.539. The number of rotatable bonds is 11. The number of hydrazone groups is 1. The van der Waals surface area contributed by atoms with Crippen LogP contribution in [0.2, 0.25) is 5.02 Å². The predicted octanol–water partition coefficient (Wildman–Crippen LogP) is 3.22. The maximum absolute atomic E-state index is 13.3. The highest BCUT2D eigenvalue weighted by Crippen LogP contribution is 2.29. The van der Waals surface area contributed by atoms with Crippen LogP contribution in [0.1, 0.15) is 47.1 Å². The Morgan fingerprint density at radius 3 is 2.75 bits per heavy atom. The van der Waals surface area contributed by atoms with Gasteiger partial charge in [0.15, 0.2) is 17.2 Å². The lowest BCUT2D eigenvalue weighted by Crippen LogP contribution is -2.26. The van der Waals surface area contributed by atoms with Crippen molar-refractivity contribution in [1.82, 2.24) is 35.6 Å². The summed E-state index contributed by atoms with van der Waals surface area (Å²) in [6, 6.07) is 12.8. The van der Waals surface area contributed by atoms with Gasteiger partial charge in [-0.05, 0) is 73.0 Å². The van der Waals surface area contributed by atoms with Gasteiger partial charge in [0.05, 0.1) is 12.8 Å². The molecule has 0 aliphatic carbocycles. The van der Waals surface area contributed by atoms with Crippen molar-refractivity contribution in [3.63, 3.8) is 0 Å². The van der Waals surface area contributed by atoms with Crippen LogP contribution in [0, 0.1) is 0 Å². The van der Waals surface area contributed by atoms with Crippen molar-refractivity contribution in [2.45, 2.75) is 32.9 Å². The van der Waals surface area contributed by atoms with E-state index in [0.717, 1.165) is 31.5 Å². The third-order valence-electron chi connectivity index (χ3n) is 6.21. The van der Waals surface area contributed by atoms with Gasteiger partial charge in [-0.25, -0.2) is 10.1 Å². The molecule has 1 aliphatic heterocycles. The first-order chi connectivity index (χ1) is 19.5. The number of amides is 1. The molecule has 40 heavy (non-hydrogen) atoms. The van der Waals surface area contributed by atoms with E-state index in [9.17, 15) is 4.79 Å². The summed E-state index contributed by atoms with van der Waals surface area (Å²) in [6.45, 7) is 4.89. The number of hydrogen-bond donors (Lipinski definition) is 2. The molecule has 0 bridgehead atoms. The molecule has 3 N–H and O–H groups in total. The molecule has 2 aromatic carbocycles. The van der Waals surface area contributed by atoms with Crippen LogP contribution in [0.5, 0.6) is 11.5 Å². The molecule has 208 valence electrons. The van der Waals surface area contributed by atoms with Gasteiger partial charge >= 0.3 is 0 Å². The van der Waals surface area contributed by atoms with Gasteiger partial charge in [0.2, 0.25) is 11.6 Å². The maximum Gasteiger partial charge on any atom is 0.292 e. The molecule has 14 heteroatoms. The molecule has 0 spiro atoms. The van der Waals surface area contributed by atoms with E-state index in [1.54, 1.807) is 18.2 Å². The quantitative estimate of drug-likeness (QED) is 0.204. The summed E-state index contributed by atoms with van der Waals surface area (Å²) in [6.07, 6.45) is 3.68. The fourth-order valence-corrected chi connectivity index (χ4v) is 4.46. The van der Waals surface area contributed by atoms with Gasteiger partial charge in [-0.2, -0.15) is 9.78 Å². The molecule has 0 atom stereocenters. The number of aromatic nitrogens is 5. The molecular formula is C26H28ClN9O4. The molecule has 0 radical (unpaired) electrons. The summed E-state index contributed by atoms with van der Waals surface area (Å²) in [5.74, 6) is 0.610. The number of benzene rings is 2. The summed E-state index contributed by atoms with van der Waals surface area (Å²) in [5.41, 5.74) is 10.5. The number of hydrogen-bond acceptors (Lipinski definition) is 11. The van der Waals surface area contributed by atoms with Crippen LogP contribution in [0.4, 0.5) is 5.82 Å². The number of halogens is 1. The average molecular weight is 566 g/mol. The molecule has 0 unspecified atom stereocenters. The molecule has 5 rings (SSSR count). The Balaban J connectivity index is 1.31. The molecule has 13 nitrogen and oxygen atoms in total. The smallest absolute Gasteiger partial charge is 0.292 e. The van der Waals surface area contributed by atoms with Gasteiger partial charge in [-0.15, -0.1) is 5.10 Å². The van der Waals surface area contributed by atoms with Crippen molar-refractivity contribution >= 4 is 29.5 Å². The highest BCUT2D eigenvalue weighted by atomic mass is 35.5. The number of anilines is 1. The zero-order valence-corrected chi connectivity index (χ0v) is 22.5. The normalized spacial score (nSPS) is 13.7. The summed E-state index contributed by atoms with van der Waals surface area (Å²) >= 11 is 6.24. The standard InChI is InChI=1S/C26H28ClN9O4/c1-2-38-22-13-17(9-10-21(22)39-16-18-7-3-4-8-19(18)27)14-29-31-26(37)23-20(15-35-11-5-6-12-35)30-34-36(23)25-24(28)32-40-33-25/h3-4,7-10,13-14H,2,5-6,11-12,15-16H2,1H3,(H2,28,32)(H,31,37)/b29-14+. The molecule has 1 saturated heterocycles. The summed E-state index contributed by atoms with van der Waals surface area (Å²) < 4.78 is 17.6. The highest BCUT2D eigenvalue weighted by molar-refractivity contribution is 6.31. The van der Waals surface area contributed by atoms with Crippen LogP contribution in [-0.2, 0) is 13.2 Å². The van der Waals surface area contributed by atoms with E-state index >= 15 is 0 Å². The number of carbonyl (C=O) groups excluding carboxylic acids is 1. The Labute approximate surface area is 234 Å². The fourth-order valence-electron chi connectivity index (χ4n) is 4.27. The Kier molecular flexibility index (Phi) is 8.52. The molecule has 3 heterocycles. The topological polar surface area (TPSA) is 159 Å². The number of likely N-dealkylation sites (tertiary alicyclic amines) is 1. The van der Waals surface area contributed by atoms with E-state index in [2.05, 4.69) is 36.1 Å². The maximum atomic E-state index is 13.3. The Morgan fingerprint density at radius 1 is 1.18 bits per heavy atom. The van der Waals surface area contributed by atoms with Gasteiger partial charge in [-0.3, -0.25) is 9.69 Å². The number of nitrogen functional groups attached to an aromatic ring is 1. The lowest BCUT2D eigenvalue weighted by atomic mass is 10.2. The van der Waals surface area contributed by atoms with E-state index in [4.69, 9.17) is 31.4 Å². The van der Waals surface area contributed by atoms with Crippen LogP contribution in [0.25, 0.3) is 5.82 Å². The van der Waals surface area contributed by atoms with E-state index in [1.807, 2.05) is 31.2 Å². The molecule has 2 aromatic heterocycles. The van der Waals surface area contributed by atoms with Crippen LogP contribution in [-0.4, -0.2) is 62.0 Å². The third-order valence-corrected chi connectivity index (χ3v) is 6.58. The SMILES string of the molecule is CCOc1cc(/C=N/NC(=O)c2c(CN3CCCC3)nnn2-c2nonc2N)ccc1OCc1ccccc1Cl. The van der Waals surface area contributed by atoms with Gasteiger partial charge in [0.25, 0.3) is 5.91 Å². The van der Waals surface area contributed by atoms with Crippen LogP contribution < -0.4 is 20.6 Å². The minimum absolute atomic E-state index is 0.0181. The monoisotopic (exact) mass is 565 g/mol. The molecule has 1 aliphatic rings. The van der Waals surface area contributed by atoms with Gasteiger partial charge in [0, 0.05) is 17.1 Å². The van der Waals surface area contributed by atoms with Gasteiger partial charge in [-0.1, -0.05) is 35.0 Å². The zero-order chi connectivity index (χ0) is 27.9. The first-order valence-electron chi connectivity index (χ1n) is 12.7. The second kappa shape index (κ2) is 12.6. The third kappa shape index (κ3) is 6.21. The largest absolute Gasteiger partial charge is 0.490 e. The Morgan fingerprint density at radius 2 is 2.00 bits per heavy atom. The molecule has 0 saturated carbocycles. The van der Waals surface area contributed by atoms with Crippen LogP contribution in [0.3, 0.4) is 0 Å². The molecule has 1 amide bonds. The molecule has 1 fully saturated rings. The van der Waals surface area contributed by atoms with Crippen molar-refractivity contribution in [2.24, 2.45) is 5.10 Å².